The van der Waals surface area contributed by atoms with E-state index >= 15 is 0 Å². The quantitative estimate of drug-likeness (QED) is 0.479. The number of hydrogen-bond donors (Lipinski definition) is 1. The van der Waals surface area contributed by atoms with Crippen LogP contribution >= 0.6 is 0 Å². The summed E-state index contributed by atoms with van der Waals surface area (Å²) in [4.78, 5) is 23.3. The normalized spacial score (nSPS) is 11.6. The van der Waals surface area contributed by atoms with Crippen LogP contribution in [0, 0.1) is 0 Å². The van der Waals surface area contributed by atoms with Crippen LogP contribution in [0.25, 0.3) is 22.2 Å². The average Bonchev–Trinajstić information content (AvgIpc) is 3.11. The van der Waals surface area contributed by atoms with Crippen LogP contribution < -0.4 is 0 Å². The Hall–Kier alpha value is -3.68. The number of aromatic amines is 1. The minimum absolute atomic E-state index is 0.164. The molecule has 1 N–H and O–H groups in total. The van der Waals surface area contributed by atoms with E-state index in [2.05, 4.69) is 15.0 Å². The number of methoxy groups -OCH3 is 1. The highest BCUT2D eigenvalue weighted by molar-refractivity contribution is 5.91. The molecule has 152 valence electrons. The minimum atomic E-state index is -4.44. The van der Waals surface area contributed by atoms with Gasteiger partial charge in [-0.3, -0.25) is 4.98 Å². The molecular formula is C22H16F3N3O2. The van der Waals surface area contributed by atoms with Crippen molar-refractivity contribution in [1.82, 2.24) is 15.0 Å². The number of esters is 1. The second-order valence-electron chi connectivity index (χ2n) is 6.66. The summed E-state index contributed by atoms with van der Waals surface area (Å²) >= 11 is 0. The molecule has 0 unspecified atom stereocenters. The van der Waals surface area contributed by atoms with Crippen LogP contribution in [-0.2, 0) is 17.3 Å². The second-order valence-corrected chi connectivity index (χ2v) is 6.66. The van der Waals surface area contributed by atoms with Gasteiger partial charge in [-0.2, -0.15) is 13.2 Å². The molecule has 4 rings (SSSR count). The number of carbonyl (C=O) groups excluding carboxylic acids is 1. The summed E-state index contributed by atoms with van der Waals surface area (Å²) in [5.74, 6) is -0.557. The molecule has 1 aromatic carbocycles. The van der Waals surface area contributed by atoms with Crippen molar-refractivity contribution in [2.24, 2.45) is 0 Å². The van der Waals surface area contributed by atoms with Crippen LogP contribution in [0.4, 0.5) is 13.2 Å². The van der Waals surface area contributed by atoms with Crippen molar-refractivity contribution in [1.29, 1.82) is 0 Å². The monoisotopic (exact) mass is 411 g/mol. The number of fused-ring (bicyclic) bond motifs is 1. The number of halogens is 3. The molecule has 30 heavy (non-hydrogen) atoms. The van der Waals surface area contributed by atoms with E-state index in [1.54, 1.807) is 36.7 Å². The van der Waals surface area contributed by atoms with Crippen LogP contribution in [0.3, 0.4) is 0 Å². The maximum Gasteiger partial charge on any atom is 0.416 e. The summed E-state index contributed by atoms with van der Waals surface area (Å²) in [6, 6.07) is 12.2. The molecule has 0 saturated carbocycles. The average molecular weight is 411 g/mol. The summed E-state index contributed by atoms with van der Waals surface area (Å²) in [7, 11) is 1.27. The lowest BCUT2D eigenvalue weighted by atomic mass is 10.0. The smallest absolute Gasteiger partial charge is 0.416 e. The van der Waals surface area contributed by atoms with Gasteiger partial charge in [0.25, 0.3) is 0 Å². The van der Waals surface area contributed by atoms with Gasteiger partial charge in [0.05, 0.1) is 18.4 Å². The molecule has 0 radical (unpaired) electrons. The van der Waals surface area contributed by atoms with Gasteiger partial charge in [0, 0.05) is 41.0 Å². The van der Waals surface area contributed by atoms with E-state index in [4.69, 9.17) is 4.74 Å². The zero-order valence-electron chi connectivity index (χ0n) is 15.8. The van der Waals surface area contributed by atoms with Gasteiger partial charge in [0.1, 0.15) is 5.69 Å². The highest BCUT2D eigenvalue weighted by atomic mass is 19.4. The Labute approximate surface area is 169 Å². The number of nitrogens with zero attached hydrogens (tertiary/aromatic N) is 2. The zero-order chi connectivity index (χ0) is 21.3. The fraction of sp³-hybridized carbons (Fsp3) is 0.136. The third-order valence-electron chi connectivity index (χ3n) is 4.74. The molecule has 5 nitrogen and oxygen atoms in total. The Morgan fingerprint density at radius 3 is 2.67 bits per heavy atom. The van der Waals surface area contributed by atoms with Crippen LogP contribution in [0.15, 0.2) is 60.9 Å². The minimum Gasteiger partial charge on any atom is -0.464 e. The number of rotatable bonds is 4. The van der Waals surface area contributed by atoms with Crippen molar-refractivity contribution in [2.75, 3.05) is 7.11 Å². The number of carbonyl (C=O) groups is 1. The predicted octanol–water partition coefficient (Wildman–Crippen LogP) is 5.02. The molecular weight excluding hydrogens is 395 g/mol. The number of ether oxygens (including phenoxy) is 1. The Kier molecular flexibility index (Phi) is 4.99. The largest absolute Gasteiger partial charge is 0.464 e. The Bertz CT molecular complexity index is 1220. The van der Waals surface area contributed by atoms with E-state index in [0.29, 0.717) is 28.7 Å². The lowest BCUT2D eigenvalue weighted by molar-refractivity contribution is -0.137. The Balaban J connectivity index is 1.86. The van der Waals surface area contributed by atoms with Gasteiger partial charge < -0.3 is 9.72 Å². The van der Waals surface area contributed by atoms with E-state index in [0.717, 1.165) is 23.3 Å². The molecule has 8 heteroatoms. The first-order chi connectivity index (χ1) is 14.4. The number of benzene rings is 1. The van der Waals surface area contributed by atoms with Gasteiger partial charge in [-0.05, 0) is 42.0 Å². The molecule has 3 heterocycles. The summed E-state index contributed by atoms with van der Waals surface area (Å²) in [6.45, 7) is 0. The Morgan fingerprint density at radius 1 is 1.13 bits per heavy atom. The predicted molar refractivity (Wildman–Crippen MR) is 105 cm³/mol. The molecule has 0 aliphatic heterocycles. The van der Waals surface area contributed by atoms with E-state index < -0.39 is 17.7 Å². The van der Waals surface area contributed by atoms with Gasteiger partial charge in [0.2, 0.25) is 0 Å². The van der Waals surface area contributed by atoms with Crippen molar-refractivity contribution >= 4 is 16.9 Å². The third kappa shape index (κ3) is 3.76. The van der Waals surface area contributed by atoms with Gasteiger partial charge >= 0.3 is 12.1 Å². The van der Waals surface area contributed by atoms with Gasteiger partial charge in [-0.1, -0.05) is 12.1 Å². The lowest BCUT2D eigenvalue weighted by Gasteiger charge is -2.07. The molecule has 3 aromatic heterocycles. The highest BCUT2D eigenvalue weighted by Crippen LogP contribution is 2.36. The van der Waals surface area contributed by atoms with Gasteiger partial charge in [0.15, 0.2) is 0 Å². The maximum atomic E-state index is 13.2. The van der Waals surface area contributed by atoms with Crippen molar-refractivity contribution in [3.63, 3.8) is 0 Å². The number of nitrogens with one attached hydrogen (secondary N) is 1. The molecule has 0 bridgehead atoms. The number of H-pyrrole nitrogens is 1. The first kappa shape index (κ1) is 19.6. The Morgan fingerprint density at radius 2 is 1.97 bits per heavy atom. The molecule has 0 amide bonds. The van der Waals surface area contributed by atoms with E-state index in [9.17, 15) is 18.0 Å². The SMILES string of the molecule is COC(=O)c1cccc(Cc2c(-c3cccnc3)[nH]c3cc(C(F)(F)F)ccc23)n1. The second kappa shape index (κ2) is 7.62. The van der Waals surface area contributed by atoms with Crippen LogP contribution in [0.2, 0.25) is 0 Å². The molecule has 4 aromatic rings. The summed E-state index contributed by atoms with van der Waals surface area (Å²) in [5.41, 5.74) is 2.54. The molecule has 0 spiro atoms. The fourth-order valence-corrected chi connectivity index (χ4v) is 3.35. The first-order valence-corrected chi connectivity index (χ1v) is 9.03. The van der Waals surface area contributed by atoms with E-state index in [1.807, 2.05) is 6.07 Å². The van der Waals surface area contributed by atoms with Crippen LogP contribution in [-0.4, -0.2) is 28.0 Å². The van der Waals surface area contributed by atoms with E-state index in [-0.39, 0.29) is 5.69 Å². The molecule has 0 saturated heterocycles. The van der Waals surface area contributed by atoms with Crippen molar-refractivity contribution < 1.29 is 22.7 Å². The van der Waals surface area contributed by atoms with E-state index in [1.165, 1.54) is 13.2 Å². The van der Waals surface area contributed by atoms with Crippen molar-refractivity contribution in [3.05, 3.63) is 83.4 Å². The standard InChI is InChI=1S/C22H16F3N3O2/c1-30-21(29)18-6-2-5-15(27-18)11-17-16-8-7-14(22(23,24)25)10-19(16)28-20(17)13-4-3-9-26-12-13/h2-10,12,28H,11H2,1H3. The van der Waals surface area contributed by atoms with Crippen LogP contribution in [0.5, 0.6) is 0 Å². The van der Waals surface area contributed by atoms with Crippen molar-refractivity contribution in [2.45, 2.75) is 12.6 Å². The molecule has 0 aliphatic carbocycles. The van der Waals surface area contributed by atoms with Gasteiger partial charge in [-0.15, -0.1) is 0 Å². The number of alkyl halides is 3. The summed E-state index contributed by atoms with van der Waals surface area (Å²) in [6.07, 6.45) is -0.878. The highest BCUT2D eigenvalue weighted by Gasteiger charge is 2.31. The summed E-state index contributed by atoms with van der Waals surface area (Å²) < 4.78 is 44.2. The third-order valence-corrected chi connectivity index (χ3v) is 4.74. The summed E-state index contributed by atoms with van der Waals surface area (Å²) in [5, 5.41) is 0.645. The number of pyridine rings is 2. The zero-order valence-corrected chi connectivity index (χ0v) is 15.8. The first-order valence-electron chi connectivity index (χ1n) is 9.03. The maximum absolute atomic E-state index is 13.2. The molecule has 0 atom stereocenters. The van der Waals surface area contributed by atoms with Gasteiger partial charge in [-0.25, -0.2) is 9.78 Å². The van der Waals surface area contributed by atoms with Crippen molar-refractivity contribution in [3.8, 4) is 11.3 Å². The molecule has 0 fully saturated rings. The topological polar surface area (TPSA) is 67.9 Å². The van der Waals surface area contributed by atoms with Crippen LogP contribution in [0.1, 0.15) is 27.3 Å². The number of hydrogen-bond acceptors (Lipinski definition) is 4. The number of aromatic nitrogens is 3. The molecule has 0 aliphatic rings. The fourth-order valence-electron chi connectivity index (χ4n) is 3.35. The lowest BCUT2D eigenvalue weighted by Crippen LogP contribution is -2.06.